The Hall–Kier alpha value is -2.87. The number of methoxy groups -OCH3 is 3. The quantitative estimate of drug-likeness (QED) is 0.524. The van der Waals surface area contributed by atoms with Crippen LogP contribution >= 0.6 is 11.6 Å². The van der Waals surface area contributed by atoms with Gasteiger partial charge in [-0.15, -0.1) is 0 Å². The van der Waals surface area contributed by atoms with Crippen LogP contribution in [0.25, 0.3) is 5.57 Å². The van der Waals surface area contributed by atoms with Crippen molar-refractivity contribution < 1.29 is 23.8 Å². The molecule has 1 heterocycles. The van der Waals surface area contributed by atoms with Crippen LogP contribution in [0.15, 0.2) is 54.2 Å². The van der Waals surface area contributed by atoms with Gasteiger partial charge in [0.25, 0.3) is 11.8 Å². The number of carbonyl (C=O) groups excluding carboxylic acids is 2. The van der Waals surface area contributed by atoms with Gasteiger partial charge in [0, 0.05) is 32.3 Å². The van der Waals surface area contributed by atoms with Gasteiger partial charge in [-0.05, 0) is 29.8 Å². The first-order valence-electron chi connectivity index (χ1n) is 9.78. The highest BCUT2D eigenvalue weighted by Gasteiger charge is 2.43. The standard InChI is InChI=1S/C23H25ClN2O5/c1-29-14-12-25(13-15-30-2)21-20(16-8-10-17(24)11-9-16)22(27)26(23(21)28)18-6-4-5-7-19(18)31-3/h4-11H,12-15H2,1-3H3. The van der Waals surface area contributed by atoms with Gasteiger partial charge in [0.2, 0.25) is 0 Å². The monoisotopic (exact) mass is 444 g/mol. The van der Waals surface area contributed by atoms with Crippen molar-refractivity contribution in [2.45, 2.75) is 0 Å². The number of hydrogen-bond acceptors (Lipinski definition) is 6. The molecule has 0 saturated heterocycles. The summed E-state index contributed by atoms with van der Waals surface area (Å²) in [5.41, 5.74) is 1.60. The Morgan fingerprint density at radius 2 is 1.48 bits per heavy atom. The van der Waals surface area contributed by atoms with Crippen molar-refractivity contribution >= 4 is 34.7 Å². The minimum atomic E-state index is -0.424. The fraction of sp³-hybridized carbons (Fsp3) is 0.304. The molecule has 1 aliphatic heterocycles. The first-order valence-corrected chi connectivity index (χ1v) is 10.2. The molecule has 2 aromatic carbocycles. The molecular formula is C23H25ClN2O5. The Morgan fingerprint density at radius 1 is 0.871 bits per heavy atom. The molecule has 0 N–H and O–H groups in total. The largest absolute Gasteiger partial charge is 0.495 e. The number of ether oxygens (including phenoxy) is 3. The van der Waals surface area contributed by atoms with Crippen LogP contribution in [-0.2, 0) is 19.1 Å². The molecule has 0 aliphatic carbocycles. The number of rotatable bonds is 10. The van der Waals surface area contributed by atoms with Crippen LogP contribution in [0.5, 0.6) is 5.75 Å². The lowest BCUT2D eigenvalue weighted by Gasteiger charge is -2.26. The summed E-state index contributed by atoms with van der Waals surface area (Å²) in [7, 11) is 4.68. The van der Waals surface area contributed by atoms with Crippen molar-refractivity contribution in [3.05, 3.63) is 64.8 Å². The molecule has 8 heteroatoms. The molecule has 31 heavy (non-hydrogen) atoms. The summed E-state index contributed by atoms with van der Waals surface area (Å²) in [5.74, 6) is -0.417. The van der Waals surface area contributed by atoms with Crippen molar-refractivity contribution in [2.75, 3.05) is 52.5 Å². The van der Waals surface area contributed by atoms with Gasteiger partial charge >= 0.3 is 0 Å². The van der Waals surface area contributed by atoms with Crippen LogP contribution < -0.4 is 9.64 Å². The van der Waals surface area contributed by atoms with E-state index in [4.69, 9.17) is 25.8 Å². The first-order chi connectivity index (χ1) is 15.0. The van der Waals surface area contributed by atoms with Crippen molar-refractivity contribution in [1.82, 2.24) is 4.90 Å². The zero-order chi connectivity index (χ0) is 22.4. The average Bonchev–Trinajstić information content (AvgIpc) is 3.04. The van der Waals surface area contributed by atoms with E-state index in [0.717, 1.165) is 4.90 Å². The second-order valence-corrected chi connectivity index (χ2v) is 7.26. The van der Waals surface area contributed by atoms with Gasteiger partial charge in [-0.3, -0.25) is 9.59 Å². The van der Waals surface area contributed by atoms with Crippen molar-refractivity contribution in [3.8, 4) is 5.75 Å². The van der Waals surface area contributed by atoms with Gasteiger partial charge < -0.3 is 19.1 Å². The number of para-hydroxylation sites is 2. The summed E-state index contributed by atoms with van der Waals surface area (Å²) in [5, 5.41) is 0.542. The SMILES string of the molecule is COCCN(CCOC)C1=C(c2ccc(Cl)cc2)C(=O)N(c2ccccc2OC)C1=O. The lowest BCUT2D eigenvalue weighted by molar-refractivity contribution is -0.120. The number of anilines is 1. The maximum Gasteiger partial charge on any atom is 0.282 e. The summed E-state index contributed by atoms with van der Waals surface area (Å²) in [6.07, 6.45) is 0. The third-order valence-corrected chi connectivity index (χ3v) is 5.22. The number of imide groups is 1. The lowest BCUT2D eigenvalue weighted by atomic mass is 10.0. The van der Waals surface area contributed by atoms with E-state index in [1.807, 2.05) is 4.90 Å². The van der Waals surface area contributed by atoms with Gasteiger partial charge in [-0.1, -0.05) is 35.9 Å². The van der Waals surface area contributed by atoms with E-state index >= 15 is 0 Å². The van der Waals surface area contributed by atoms with E-state index in [1.54, 1.807) is 62.8 Å². The van der Waals surface area contributed by atoms with Crippen LogP contribution in [0.3, 0.4) is 0 Å². The Kier molecular flexibility index (Phi) is 7.68. The van der Waals surface area contributed by atoms with Crippen molar-refractivity contribution in [3.63, 3.8) is 0 Å². The van der Waals surface area contributed by atoms with E-state index < -0.39 is 11.8 Å². The van der Waals surface area contributed by atoms with E-state index in [9.17, 15) is 9.59 Å². The highest BCUT2D eigenvalue weighted by Crippen LogP contribution is 2.38. The summed E-state index contributed by atoms with van der Waals surface area (Å²) in [6.45, 7) is 1.62. The second-order valence-electron chi connectivity index (χ2n) is 6.82. The number of carbonyl (C=O) groups is 2. The summed E-state index contributed by atoms with van der Waals surface area (Å²) in [4.78, 5) is 30.2. The van der Waals surface area contributed by atoms with Crippen LogP contribution in [0.2, 0.25) is 5.02 Å². The van der Waals surface area contributed by atoms with E-state index in [1.165, 1.54) is 7.11 Å². The number of halogens is 1. The van der Waals surface area contributed by atoms with Crippen LogP contribution in [-0.4, -0.2) is 64.3 Å². The zero-order valence-electron chi connectivity index (χ0n) is 17.8. The van der Waals surface area contributed by atoms with Gasteiger partial charge in [0.05, 0.1) is 31.6 Å². The number of benzene rings is 2. The first kappa shape index (κ1) is 22.8. The van der Waals surface area contributed by atoms with Crippen molar-refractivity contribution in [1.29, 1.82) is 0 Å². The number of amides is 2. The van der Waals surface area contributed by atoms with E-state index in [0.29, 0.717) is 59.6 Å². The summed E-state index contributed by atoms with van der Waals surface area (Å²) in [6, 6.07) is 13.8. The predicted molar refractivity (Wildman–Crippen MR) is 119 cm³/mol. The van der Waals surface area contributed by atoms with Gasteiger partial charge in [0.15, 0.2) is 0 Å². The average molecular weight is 445 g/mol. The molecule has 0 unspecified atom stereocenters. The topological polar surface area (TPSA) is 68.3 Å². The molecule has 0 atom stereocenters. The number of hydrogen-bond donors (Lipinski definition) is 0. The van der Waals surface area contributed by atoms with Crippen molar-refractivity contribution in [2.24, 2.45) is 0 Å². The van der Waals surface area contributed by atoms with Crippen LogP contribution in [0.1, 0.15) is 5.56 Å². The highest BCUT2D eigenvalue weighted by molar-refractivity contribution is 6.45. The summed E-state index contributed by atoms with van der Waals surface area (Å²) < 4.78 is 15.9. The molecule has 2 aromatic rings. The molecule has 7 nitrogen and oxygen atoms in total. The third kappa shape index (κ3) is 4.74. The van der Waals surface area contributed by atoms with E-state index in [2.05, 4.69) is 0 Å². The minimum absolute atomic E-state index is 0.298. The Bertz CT molecular complexity index is 966. The Morgan fingerprint density at radius 3 is 2.06 bits per heavy atom. The van der Waals surface area contributed by atoms with Gasteiger partial charge in [0.1, 0.15) is 11.4 Å². The molecule has 164 valence electrons. The summed E-state index contributed by atoms with van der Waals surface area (Å²) >= 11 is 6.05. The molecule has 0 saturated carbocycles. The molecule has 2 amide bonds. The van der Waals surface area contributed by atoms with E-state index in [-0.39, 0.29) is 0 Å². The lowest BCUT2D eigenvalue weighted by Crippen LogP contribution is -2.37. The van der Waals surface area contributed by atoms with Crippen LogP contribution in [0, 0.1) is 0 Å². The van der Waals surface area contributed by atoms with Gasteiger partial charge in [-0.25, -0.2) is 4.90 Å². The highest BCUT2D eigenvalue weighted by atomic mass is 35.5. The second kappa shape index (κ2) is 10.4. The molecule has 0 radical (unpaired) electrons. The smallest absolute Gasteiger partial charge is 0.282 e. The Labute approximate surface area is 186 Å². The molecule has 3 rings (SSSR count). The molecule has 0 aromatic heterocycles. The minimum Gasteiger partial charge on any atom is -0.495 e. The molecule has 0 spiro atoms. The van der Waals surface area contributed by atoms with Crippen LogP contribution in [0.4, 0.5) is 5.69 Å². The maximum atomic E-state index is 13.6. The number of nitrogens with zero attached hydrogens (tertiary/aromatic N) is 2. The third-order valence-electron chi connectivity index (χ3n) is 4.97. The zero-order valence-corrected chi connectivity index (χ0v) is 18.5. The maximum absolute atomic E-state index is 13.6. The molecule has 1 aliphatic rings. The fourth-order valence-electron chi connectivity index (χ4n) is 3.46. The molecule has 0 fully saturated rings. The normalized spacial score (nSPS) is 13.9. The molecular weight excluding hydrogens is 420 g/mol. The van der Waals surface area contributed by atoms with Gasteiger partial charge in [-0.2, -0.15) is 0 Å². The Balaban J connectivity index is 2.15. The fourth-order valence-corrected chi connectivity index (χ4v) is 3.59. The predicted octanol–water partition coefficient (Wildman–Crippen LogP) is 3.23. The molecule has 0 bridgehead atoms.